The highest BCUT2D eigenvalue weighted by atomic mass is 19.1. The van der Waals surface area contributed by atoms with Crippen molar-refractivity contribution in [2.24, 2.45) is 5.73 Å². The normalized spacial score (nSPS) is 12.4. The van der Waals surface area contributed by atoms with Gasteiger partial charge in [-0.25, -0.2) is 4.39 Å². The molecule has 0 aliphatic heterocycles. The van der Waals surface area contributed by atoms with Gasteiger partial charge in [-0.1, -0.05) is 11.2 Å². The predicted molar refractivity (Wildman–Crippen MR) is 61.4 cm³/mol. The van der Waals surface area contributed by atoms with Gasteiger partial charge in [-0.3, -0.25) is 0 Å². The van der Waals surface area contributed by atoms with Crippen molar-refractivity contribution >= 4 is 0 Å². The molecule has 1 atom stereocenters. The lowest BCUT2D eigenvalue weighted by Gasteiger charge is -2.00. The molecule has 0 aliphatic rings. The van der Waals surface area contributed by atoms with Crippen LogP contribution < -0.4 is 5.73 Å². The van der Waals surface area contributed by atoms with Gasteiger partial charge in [0.1, 0.15) is 5.82 Å². The number of nitrogens with two attached hydrogens (primary N) is 1. The van der Waals surface area contributed by atoms with E-state index in [2.05, 4.69) is 16.7 Å². The van der Waals surface area contributed by atoms with Crippen LogP contribution in [0.25, 0.3) is 11.4 Å². The zero-order chi connectivity index (χ0) is 12.3. The molecule has 1 aromatic heterocycles. The van der Waals surface area contributed by atoms with Crippen LogP contribution in [-0.2, 0) is 0 Å². The third-order valence-corrected chi connectivity index (χ3v) is 2.28. The maximum absolute atomic E-state index is 12.7. The molecule has 0 bridgehead atoms. The summed E-state index contributed by atoms with van der Waals surface area (Å²) in [6.07, 6.45) is 2.25. The van der Waals surface area contributed by atoms with E-state index >= 15 is 0 Å². The lowest BCUT2D eigenvalue weighted by Crippen LogP contribution is -2.09. The Morgan fingerprint density at radius 1 is 1.41 bits per heavy atom. The van der Waals surface area contributed by atoms with Crippen LogP contribution in [0.5, 0.6) is 0 Å². The topological polar surface area (TPSA) is 64.9 Å². The van der Waals surface area contributed by atoms with E-state index in [0.717, 1.165) is 0 Å². The van der Waals surface area contributed by atoms with Gasteiger partial charge < -0.3 is 10.3 Å². The van der Waals surface area contributed by atoms with Gasteiger partial charge in [0.05, 0.1) is 6.04 Å². The Labute approximate surface area is 97.9 Å². The minimum absolute atomic E-state index is 0.305. The molecule has 0 radical (unpaired) electrons. The van der Waals surface area contributed by atoms with Gasteiger partial charge in [-0.15, -0.1) is 6.58 Å². The van der Waals surface area contributed by atoms with Crippen LogP contribution >= 0.6 is 0 Å². The highest BCUT2D eigenvalue weighted by Crippen LogP contribution is 2.19. The lowest BCUT2D eigenvalue weighted by molar-refractivity contribution is 0.356. The van der Waals surface area contributed by atoms with Gasteiger partial charge in [-0.2, -0.15) is 4.98 Å². The Balaban J connectivity index is 2.23. The average Bonchev–Trinajstić information content (AvgIpc) is 2.80. The van der Waals surface area contributed by atoms with Crippen LogP contribution in [0, 0.1) is 5.82 Å². The number of halogens is 1. The molecule has 4 nitrogen and oxygen atoms in total. The minimum atomic E-state index is -0.353. The largest absolute Gasteiger partial charge is 0.337 e. The van der Waals surface area contributed by atoms with Crippen molar-refractivity contribution in [2.75, 3.05) is 0 Å². The van der Waals surface area contributed by atoms with Crippen LogP contribution in [0.3, 0.4) is 0 Å². The van der Waals surface area contributed by atoms with Gasteiger partial charge in [-0.05, 0) is 30.7 Å². The summed E-state index contributed by atoms with van der Waals surface area (Å²) in [7, 11) is 0. The first-order valence-electron chi connectivity index (χ1n) is 5.16. The number of hydrogen-bond donors (Lipinski definition) is 1. The molecule has 1 heterocycles. The zero-order valence-corrected chi connectivity index (χ0v) is 9.14. The van der Waals surface area contributed by atoms with E-state index < -0.39 is 0 Å². The highest BCUT2D eigenvalue weighted by Gasteiger charge is 2.14. The minimum Gasteiger partial charge on any atom is -0.337 e. The van der Waals surface area contributed by atoms with E-state index in [1.165, 1.54) is 12.1 Å². The Morgan fingerprint density at radius 2 is 2.12 bits per heavy atom. The van der Waals surface area contributed by atoms with Gasteiger partial charge in [0.25, 0.3) is 0 Å². The fraction of sp³-hybridized carbons (Fsp3) is 0.167. The first kappa shape index (κ1) is 11.5. The van der Waals surface area contributed by atoms with Gasteiger partial charge in [0.15, 0.2) is 0 Å². The Kier molecular flexibility index (Phi) is 3.30. The molecule has 0 saturated carbocycles. The molecule has 0 fully saturated rings. The zero-order valence-electron chi connectivity index (χ0n) is 9.14. The fourth-order valence-electron chi connectivity index (χ4n) is 1.38. The van der Waals surface area contributed by atoms with Crippen LogP contribution in [-0.4, -0.2) is 10.1 Å². The van der Waals surface area contributed by atoms with Crippen LogP contribution in [0.4, 0.5) is 4.39 Å². The van der Waals surface area contributed by atoms with Crippen molar-refractivity contribution in [3.63, 3.8) is 0 Å². The van der Waals surface area contributed by atoms with E-state index in [4.69, 9.17) is 10.3 Å². The quantitative estimate of drug-likeness (QED) is 0.824. The molecule has 5 heteroatoms. The fourth-order valence-corrected chi connectivity index (χ4v) is 1.38. The Morgan fingerprint density at radius 3 is 2.76 bits per heavy atom. The molecule has 0 saturated heterocycles. The summed E-state index contributed by atoms with van der Waals surface area (Å²) in [5.74, 6) is 0.449. The number of aromatic nitrogens is 2. The molecule has 0 aliphatic carbocycles. The molecule has 88 valence electrons. The van der Waals surface area contributed by atoms with Crippen LogP contribution in [0.15, 0.2) is 41.4 Å². The summed E-state index contributed by atoms with van der Waals surface area (Å²) in [5.41, 5.74) is 6.48. The lowest BCUT2D eigenvalue weighted by atomic mass is 10.2. The van der Waals surface area contributed by atoms with Crippen molar-refractivity contribution in [1.29, 1.82) is 0 Å². The van der Waals surface area contributed by atoms with Gasteiger partial charge in [0, 0.05) is 5.56 Å². The molecule has 0 spiro atoms. The van der Waals surface area contributed by atoms with Crippen molar-refractivity contribution in [2.45, 2.75) is 12.5 Å². The second kappa shape index (κ2) is 4.88. The second-order valence-corrected chi connectivity index (χ2v) is 3.59. The Bertz CT molecular complexity index is 507. The number of nitrogens with zero attached hydrogens (tertiary/aromatic N) is 2. The maximum atomic E-state index is 12.7. The van der Waals surface area contributed by atoms with Crippen molar-refractivity contribution < 1.29 is 8.91 Å². The molecule has 2 aromatic rings. The van der Waals surface area contributed by atoms with Crippen molar-refractivity contribution in [3.8, 4) is 11.4 Å². The third-order valence-electron chi connectivity index (χ3n) is 2.28. The SMILES string of the molecule is C=CCC(N)c1nc(-c2ccc(F)cc2)no1. The van der Waals surface area contributed by atoms with E-state index in [0.29, 0.717) is 23.7 Å². The van der Waals surface area contributed by atoms with Crippen LogP contribution in [0.2, 0.25) is 0 Å². The molecular formula is C12H12FN3O. The molecular weight excluding hydrogens is 221 g/mol. The van der Waals surface area contributed by atoms with Crippen molar-refractivity contribution in [3.05, 3.63) is 48.6 Å². The third kappa shape index (κ3) is 2.57. The molecule has 17 heavy (non-hydrogen) atoms. The first-order valence-corrected chi connectivity index (χ1v) is 5.16. The summed E-state index contributed by atoms with van der Waals surface area (Å²) in [5, 5.41) is 3.80. The molecule has 2 N–H and O–H groups in total. The van der Waals surface area contributed by atoms with Crippen molar-refractivity contribution in [1.82, 2.24) is 10.1 Å². The smallest absolute Gasteiger partial charge is 0.244 e. The van der Waals surface area contributed by atoms with E-state index in [1.54, 1.807) is 18.2 Å². The summed E-state index contributed by atoms with van der Waals surface area (Å²) < 4.78 is 17.8. The van der Waals surface area contributed by atoms with Gasteiger partial charge >= 0.3 is 0 Å². The monoisotopic (exact) mass is 233 g/mol. The number of hydrogen-bond acceptors (Lipinski definition) is 4. The average molecular weight is 233 g/mol. The highest BCUT2D eigenvalue weighted by molar-refractivity contribution is 5.53. The summed E-state index contributed by atoms with van der Waals surface area (Å²) >= 11 is 0. The van der Waals surface area contributed by atoms with Gasteiger partial charge in [0.2, 0.25) is 11.7 Å². The number of rotatable bonds is 4. The second-order valence-electron chi connectivity index (χ2n) is 3.59. The predicted octanol–water partition coefficient (Wildman–Crippen LogP) is 2.45. The summed E-state index contributed by atoms with van der Waals surface area (Å²) in [6.45, 7) is 3.59. The Hall–Kier alpha value is -2.01. The summed E-state index contributed by atoms with van der Waals surface area (Å²) in [4.78, 5) is 4.16. The molecule has 2 rings (SSSR count). The van der Waals surface area contributed by atoms with E-state index in [-0.39, 0.29) is 11.9 Å². The number of benzene rings is 1. The first-order chi connectivity index (χ1) is 8.20. The maximum Gasteiger partial charge on any atom is 0.244 e. The van der Waals surface area contributed by atoms with E-state index in [9.17, 15) is 4.39 Å². The molecule has 0 amide bonds. The summed E-state index contributed by atoms with van der Waals surface area (Å²) in [6, 6.07) is 5.50. The standard InChI is InChI=1S/C12H12FN3O/c1-2-3-10(14)12-15-11(16-17-12)8-4-6-9(13)7-5-8/h2,4-7,10H,1,3,14H2. The van der Waals surface area contributed by atoms with E-state index in [1.807, 2.05) is 0 Å². The van der Waals surface area contributed by atoms with Crippen LogP contribution in [0.1, 0.15) is 18.4 Å². The molecule has 1 aromatic carbocycles. The molecule has 1 unspecified atom stereocenters.